The van der Waals surface area contributed by atoms with Gasteiger partial charge in [-0.2, -0.15) is 0 Å². The average molecular weight is 266 g/mol. The van der Waals surface area contributed by atoms with Crippen LogP contribution in [-0.4, -0.2) is 30.1 Å². The Labute approximate surface area is 120 Å². The van der Waals surface area contributed by atoms with Crippen molar-refractivity contribution in [1.29, 1.82) is 0 Å². The first-order valence-electron chi connectivity index (χ1n) is 8.57. The monoisotopic (exact) mass is 266 g/mol. The van der Waals surface area contributed by atoms with Crippen molar-refractivity contribution in [2.24, 2.45) is 23.5 Å². The van der Waals surface area contributed by atoms with Crippen molar-refractivity contribution in [3.8, 4) is 0 Å². The van der Waals surface area contributed by atoms with Gasteiger partial charge in [-0.25, -0.2) is 0 Å². The molecule has 0 bridgehead atoms. The first-order valence-corrected chi connectivity index (χ1v) is 8.57. The van der Waals surface area contributed by atoms with Gasteiger partial charge in [-0.05, 0) is 69.9 Å². The van der Waals surface area contributed by atoms with E-state index in [0.29, 0.717) is 6.04 Å². The quantitative estimate of drug-likeness (QED) is 0.790. The predicted octanol–water partition coefficient (Wildman–Crippen LogP) is 3.65. The highest BCUT2D eigenvalue weighted by Gasteiger charge is 2.29. The molecule has 0 radical (unpaired) electrons. The Balaban J connectivity index is 1.80. The molecule has 3 unspecified atom stereocenters. The molecule has 0 aromatic rings. The standard InChI is InChI=1S/C17H34N2/c1-13(2)15-5-4-6-17(8-7-15)19-11-9-16(10-12-19)14(3)18/h13-17H,4-12,18H2,1-3H3. The minimum Gasteiger partial charge on any atom is -0.328 e. The molecule has 0 amide bonds. The fourth-order valence-electron chi connectivity index (χ4n) is 4.15. The highest BCUT2D eigenvalue weighted by Crippen LogP contribution is 2.32. The Morgan fingerprint density at radius 2 is 1.53 bits per heavy atom. The number of hydrogen-bond acceptors (Lipinski definition) is 2. The van der Waals surface area contributed by atoms with Crippen LogP contribution in [-0.2, 0) is 0 Å². The summed E-state index contributed by atoms with van der Waals surface area (Å²) in [6.07, 6.45) is 9.88. The van der Waals surface area contributed by atoms with Crippen molar-refractivity contribution in [3.05, 3.63) is 0 Å². The van der Waals surface area contributed by atoms with Crippen LogP contribution >= 0.6 is 0 Å². The van der Waals surface area contributed by atoms with Crippen LogP contribution in [0.5, 0.6) is 0 Å². The minimum absolute atomic E-state index is 0.390. The van der Waals surface area contributed by atoms with Crippen molar-refractivity contribution in [2.75, 3.05) is 13.1 Å². The summed E-state index contributed by atoms with van der Waals surface area (Å²) in [6, 6.07) is 1.26. The number of piperidine rings is 1. The van der Waals surface area contributed by atoms with Crippen LogP contribution < -0.4 is 5.73 Å². The molecular weight excluding hydrogens is 232 g/mol. The van der Waals surface area contributed by atoms with Gasteiger partial charge in [0.15, 0.2) is 0 Å². The summed E-state index contributed by atoms with van der Waals surface area (Å²) in [4.78, 5) is 2.78. The fraction of sp³-hybridized carbons (Fsp3) is 1.00. The maximum absolute atomic E-state index is 6.05. The lowest BCUT2D eigenvalue weighted by Crippen LogP contribution is -2.44. The van der Waals surface area contributed by atoms with Gasteiger partial charge in [0.2, 0.25) is 0 Å². The Kier molecular flexibility index (Phi) is 5.70. The fourth-order valence-corrected chi connectivity index (χ4v) is 4.15. The smallest absolute Gasteiger partial charge is 0.00953 e. The van der Waals surface area contributed by atoms with E-state index in [9.17, 15) is 0 Å². The van der Waals surface area contributed by atoms with E-state index in [1.165, 1.54) is 58.0 Å². The molecule has 0 aromatic heterocycles. The Morgan fingerprint density at radius 1 is 0.842 bits per heavy atom. The molecule has 1 aliphatic heterocycles. The normalized spacial score (nSPS) is 33.3. The second-order valence-corrected chi connectivity index (χ2v) is 7.40. The molecular formula is C17H34N2. The molecule has 2 rings (SSSR count). The topological polar surface area (TPSA) is 29.3 Å². The van der Waals surface area contributed by atoms with Crippen LogP contribution in [0.1, 0.15) is 65.7 Å². The van der Waals surface area contributed by atoms with Crippen LogP contribution in [0, 0.1) is 17.8 Å². The summed E-state index contributed by atoms with van der Waals surface area (Å²) in [6.45, 7) is 9.57. The highest BCUT2D eigenvalue weighted by atomic mass is 15.2. The lowest BCUT2D eigenvalue weighted by molar-refractivity contribution is 0.113. The van der Waals surface area contributed by atoms with Gasteiger partial charge in [-0.1, -0.05) is 26.7 Å². The van der Waals surface area contributed by atoms with Crippen LogP contribution in [0.2, 0.25) is 0 Å². The van der Waals surface area contributed by atoms with Crippen LogP contribution in [0.15, 0.2) is 0 Å². The van der Waals surface area contributed by atoms with Gasteiger partial charge in [0.25, 0.3) is 0 Å². The molecule has 2 nitrogen and oxygen atoms in total. The van der Waals surface area contributed by atoms with Crippen molar-refractivity contribution in [2.45, 2.75) is 77.8 Å². The van der Waals surface area contributed by atoms with Gasteiger partial charge in [-0.15, -0.1) is 0 Å². The van der Waals surface area contributed by atoms with Crippen molar-refractivity contribution < 1.29 is 0 Å². The van der Waals surface area contributed by atoms with Gasteiger partial charge in [0.05, 0.1) is 0 Å². The van der Waals surface area contributed by atoms with Crippen molar-refractivity contribution in [3.63, 3.8) is 0 Å². The zero-order chi connectivity index (χ0) is 13.8. The summed E-state index contributed by atoms with van der Waals surface area (Å²) in [5.74, 6) is 2.62. The van der Waals surface area contributed by atoms with E-state index in [0.717, 1.165) is 23.8 Å². The molecule has 112 valence electrons. The number of nitrogens with zero attached hydrogens (tertiary/aromatic N) is 1. The zero-order valence-electron chi connectivity index (χ0n) is 13.3. The number of rotatable bonds is 3. The molecule has 1 aliphatic carbocycles. The first kappa shape index (κ1) is 15.3. The zero-order valence-corrected chi connectivity index (χ0v) is 13.3. The van der Waals surface area contributed by atoms with Crippen LogP contribution in [0.3, 0.4) is 0 Å². The van der Waals surface area contributed by atoms with Gasteiger partial charge in [0, 0.05) is 12.1 Å². The van der Waals surface area contributed by atoms with E-state index in [4.69, 9.17) is 5.73 Å². The summed E-state index contributed by atoms with van der Waals surface area (Å²) in [7, 11) is 0. The third-order valence-electron chi connectivity index (χ3n) is 5.76. The number of hydrogen-bond donors (Lipinski definition) is 1. The summed E-state index contributed by atoms with van der Waals surface area (Å²) >= 11 is 0. The highest BCUT2D eigenvalue weighted by molar-refractivity contribution is 4.84. The Bertz CT molecular complexity index is 254. The molecule has 2 heteroatoms. The molecule has 0 spiro atoms. The average Bonchev–Trinajstić information content (AvgIpc) is 2.64. The maximum atomic E-state index is 6.05. The maximum Gasteiger partial charge on any atom is 0.00953 e. The van der Waals surface area contributed by atoms with E-state index in [-0.39, 0.29) is 0 Å². The second-order valence-electron chi connectivity index (χ2n) is 7.40. The van der Waals surface area contributed by atoms with Gasteiger partial charge in [-0.3, -0.25) is 0 Å². The predicted molar refractivity (Wildman–Crippen MR) is 83.1 cm³/mol. The molecule has 0 aromatic carbocycles. The second kappa shape index (κ2) is 7.08. The van der Waals surface area contributed by atoms with Gasteiger partial charge < -0.3 is 10.6 Å². The SMILES string of the molecule is CC(C)C1CCCC(N2CCC(C(C)N)CC2)CC1. The van der Waals surface area contributed by atoms with Crippen molar-refractivity contribution in [1.82, 2.24) is 4.90 Å². The van der Waals surface area contributed by atoms with E-state index in [1.54, 1.807) is 0 Å². The van der Waals surface area contributed by atoms with E-state index in [2.05, 4.69) is 25.7 Å². The van der Waals surface area contributed by atoms with E-state index in [1.807, 2.05) is 0 Å². The van der Waals surface area contributed by atoms with Gasteiger partial charge in [0.1, 0.15) is 0 Å². The molecule has 19 heavy (non-hydrogen) atoms. The Morgan fingerprint density at radius 3 is 2.11 bits per heavy atom. The molecule has 1 heterocycles. The van der Waals surface area contributed by atoms with E-state index < -0.39 is 0 Å². The van der Waals surface area contributed by atoms with E-state index >= 15 is 0 Å². The minimum atomic E-state index is 0.390. The molecule has 2 fully saturated rings. The third-order valence-corrected chi connectivity index (χ3v) is 5.76. The first-order chi connectivity index (χ1) is 9.08. The lowest BCUT2D eigenvalue weighted by atomic mass is 9.88. The summed E-state index contributed by atoms with van der Waals surface area (Å²) < 4.78 is 0. The summed E-state index contributed by atoms with van der Waals surface area (Å²) in [5.41, 5.74) is 6.05. The molecule has 2 aliphatic rings. The Hall–Kier alpha value is -0.0800. The largest absolute Gasteiger partial charge is 0.328 e. The lowest BCUT2D eigenvalue weighted by Gasteiger charge is -2.38. The van der Waals surface area contributed by atoms with Crippen LogP contribution in [0.4, 0.5) is 0 Å². The molecule has 1 saturated carbocycles. The molecule has 2 N–H and O–H groups in total. The third kappa shape index (κ3) is 4.19. The molecule has 1 saturated heterocycles. The van der Waals surface area contributed by atoms with Crippen molar-refractivity contribution >= 4 is 0 Å². The van der Waals surface area contributed by atoms with Gasteiger partial charge >= 0.3 is 0 Å². The summed E-state index contributed by atoms with van der Waals surface area (Å²) in [5, 5.41) is 0. The number of nitrogens with two attached hydrogens (primary N) is 1. The molecule has 3 atom stereocenters. The number of likely N-dealkylation sites (tertiary alicyclic amines) is 1. The van der Waals surface area contributed by atoms with Crippen LogP contribution in [0.25, 0.3) is 0 Å².